The molecule has 0 radical (unpaired) electrons. The van der Waals surface area contributed by atoms with Crippen molar-refractivity contribution < 1.29 is 17.6 Å². The molecule has 1 fully saturated rings. The molecule has 5 nitrogen and oxygen atoms in total. The molecule has 1 N–H and O–H groups in total. The quantitative estimate of drug-likeness (QED) is 0.824. The largest absolute Gasteiger partial charge is 0.348 e. The fourth-order valence-electron chi connectivity index (χ4n) is 3.12. The summed E-state index contributed by atoms with van der Waals surface area (Å²) in [6.07, 6.45) is 2.88. The van der Waals surface area contributed by atoms with Gasteiger partial charge in [0.25, 0.3) is 5.91 Å². The Labute approximate surface area is 159 Å². The number of halogens is 1. The standard InChI is InChI=1S/C20H23FN2O3S/c21-19-7-3-2-6-18(19)14-22-20(24)17-10-8-16(9-11-17)15-27(25,26)23-12-4-1-5-13-23/h2-3,6-11H,1,4-5,12-15H2,(H,22,24). The number of amides is 1. The summed E-state index contributed by atoms with van der Waals surface area (Å²) in [7, 11) is -3.33. The maximum absolute atomic E-state index is 13.6. The summed E-state index contributed by atoms with van der Waals surface area (Å²) in [5.74, 6) is -0.760. The Morgan fingerprint density at radius 1 is 1.00 bits per heavy atom. The predicted octanol–water partition coefficient (Wildman–Crippen LogP) is 3.07. The summed E-state index contributed by atoms with van der Waals surface area (Å²) in [5.41, 5.74) is 1.46. The van der Waals surface area contributed by atoms with Crippen LogP contribution in [0.2, 0.25) is 0 Å². The van der Waals surface area contributed by atoms with Crippen molar-refractivity contribution in [1.82, 2.24) is 9.62 Å². The van der Waals surface area contributed by atoms with Crippen LogP contribution in [0, 0.1) is 5.82 Å². The number of carbonyl (C=O) groups is 1. The van der Waals surface area contributed by atoms with Crippen molar-refractivity contribution in [2.24, 2.45) is 0 Å². The number of hydrogen-bond donors (Lipinski definition) is 1. The molecule has 0 aromatic heterocycles. The van der Waals surface area contributed by atoms with Gasteiger partial charge in [0.1, 0.15) is 5.82 Å². The van der Waals surface area contributed by atoms with E-state index in [4.69, 9.17) is 0 Å². The summed E-state index contributed by atoms with van der Waals surface area (Å²) in [6, 6.07) is 12.8. The molecule has 0 bridgehead atoms. The van der Waals surface area contributed by atoms with Gasteiger partial charge in [0.2, 0.25) is 10.0 Å². The second-order valence-electron chi connectivity index (χ2n) is 6.69. The minimum atomic E-state index is -3.33. The van der Waals surface area contributed by atoms with Crippen LogP contribution in [0.25, 0.3) is 0 Å². The number of carbonyl (C=O) groups excluding carboxylic acids is 1. The second-order valence-corrected chi connectivity index (χ2v) is 8.66. The smallest absolute Gasteiger partial charge is 0.251 e. The number of piperidine rings is 1. The van der Waals surface area contributed by atoms with Gasteiger partial charge in [-0.25, -0.2) is 17.1 Å². The molecule has 0 aliphatic carbocycles. The zero-order chi connectivity index (χ0) is 19.3. The Bertz CT molecular complexity index is 892. The molecule has 0 saturated carbocycles. The lowest BCUT2D eigenvalue weighted by molar-refractivity contribution is 0.0950. The number of nitrogens with zero attached hydrogens (tertiary/aromatic N) is 1. The molecule has 2 aromatic carbocycles. The Morgan fingerprint density at radius 2 is 1.67 bits per heavy atom. The first-order chi connectivity index (χ1) is 13.0. The van der Waals surface area contributed by atoms with E-state index >= 15 is 0 Å². The molecule has 1 aliphatic heterocycles. The third kappa shape index (κ3) is 5.14. The molecule has 7 heteroatoms. The third-order valence-electron chi connectivity index (χ3n) is 4.67. The molecule has 1 heterocycles. The number of benzene rings is 2. The lowest BCUT2D eigenvalue weighted by atomic mass is 10.1. The predicted molar refractivity (Wildman–Crippen MR) is 102 cm³/mol. The summed E-state index contributed by atoms with van der Waals surface area (Å²) >= 11 is 0. The van der Waals surface area contributed by atoms with Crippen LogP contribution < -0.4 is 5.32 Å². The SMILES string of the molecule is O=C(NCc1ccccc1F)c1ccc(CS(=O)(=O)N2CCCCC2)cc1. The zero-order valence-corrected chi connectivity index (χ0v) is 15.8. The maximum atomic E-state index is 13.6. The molecule has 2 aromatic rings. The van der Waals surface area contributed by atoms with Gasteiger partial charge >= 0.3 is 0 Å². The average molecular weight is 390 g/mol. The van der Waals surface area contributed by atoms with Gasteiger partial charge in [-0.05, 0) is 36.6 Å². The minimum Gasteiger partial charge on any atom is -0.348 e. The Kier molecular flexibility index (Phi) is 6.23. The van der Waals surface area contributed by atoms with Crippen molar-refractivity contribution in [3.8, 4) is 0 Å². The maximum Gasteiger partial charge on any atom is 0.251 e. The van der Waals surface area contributed by atoms with Crippen LogP contribution in [0.5, 0.6) is 0 Å². The van der Waals surface area contributed by atoms with Crippen LogP contribution in [0.3, 0.4) is 0 Å². The van der Waals surface area contributed by atoms with Crippen LogP contribution in [0.4, 0.5) is 4.39 Å². The molecule has 0 atom stereocenters. The van der Waals surface area contributed by atoms with Gasteiger partial charge in [0, 0.05) is 30.8 Å². The normalized spacial score (nSPS) is 15.4. The molecule has 0 spiro atoms. The van der Waals surface area contributed by atoms with Gasteiger partial charge in [-0.15, -0.1) is 0 Å². The molecule has 3 rings (SSSR count). The lowest BCUT2D eigenvalue weighted by Crippen LogP contribution is -2.36. The summed E-state index contributed by atoms with van der Waals surface area (Å²) < 4.78 is 40.1. The van der Waals surface area contributed by atoms with Crippen LogP contribution in [0.1, 0.15) is 40.7 Å². The van der Waals surface area contributed by atoms with E-state index in [0.717, 1.165) is 19.3 Å². The van der Waals surface area contributed by atoms with Gasteiger partial charge in [-0.1, -0.05) is 36.8 Å². The molecule has 1 aliphatic rings. The first-order valence-corrected chi connectivity index (χ1v) is 10.6. The van der Waals surface area contributed by atoms with E-state index in [-0.39, 0.29) is 24.0 Å². The Morgan fingerprint density at radius 3 is 2.33 bits per heavy atom. The second kappa shape index (κ2) is 8.63. The topological polar surface area (TPSA) is 66.5 Å². The third-order valence-corrected chi connectivity index (χ3v) is 6.52. The molecular formula is C20H23FN2O3S. The van der Waals surface area contributed by atoms with Gasteiger partial charge in [0.05, 0.1) is 5.75 Å². The zero-order valence-electron chi connectivity index (χ0n) is 15.0. The molecule has 27 heavy (non-hydrogen) atoms. The van der Waals surface area contributed by atoms with Crippen molar-refractivity contribution >= 4 is 15.9 Å². The number of sulfonamides is 1. The van der Waals surface area contributed by atoms with Gasteiger partial charge in [0.15, 0.2) is 0 Å². The number of hydrogen-bond acceptors (Lipinski definition) is 3. The van der Waals surface area contributed by atoms with Crippen molar-refractivity contribution in [3.63, 3.8) is 0 Å². The number of rotatable bonds is 6. The summed E-state index contributed by atoms with van der Waals surface area (Å²) in [6.45, 7) is 1.26. The summed E-state index contributed by atoms with van der Waals surface area (Å²) in [4.78, 5) is 12.2. The van der Waals surface area contributed by atoms with Crippen LogP contribution >= 0.6 is 0 Å². The highest BCUT2D eigenvalue weighted by molar-refractivity contribution is 7.88. The van der Waals surface area contributed by atoms with E-state index < -0.39 is 10.0 Å². The van der Waals surface area contributed by atoms with Crippen LogP contribution in [0.15, 0.2) is 48.5 Å². The summed E-state index contributed by atoms with van der Waals surface area (Å²) in [5, 5.41) is 2.67. The highest BCUT2D eigenvalue weighted by Gasteiger charge is 2.24. The van der Waals surface area contributed by atoms with Crippen molar-refractivity contribution in [3.05, 3.63) is 71.0 Å². The Balaban J connectivity index is 1.59. The van der Waals surface area contributed by atoms with Crippen molar-refractivity contribution in [2.45, 2.75) is 31.6 Å². The lowest BCUT2D eigenvalue weighted by Gasteiger charge is -2.25. The van der Waals surface area contributed by atoms with Gasteiger partial charge in [-0.2, -0.15) is 0 Å². The fourth-order valence-corrected chi connectivity index (χ4v) is 4.73. The number of nitrogens with one attached hydrogen (secondary N) is 1. The van der Waals surface area contributed by atoms with E-state index in [1.807, 2.05) is 0 Å². The average Bonchev–Trinajstić information content (AvgIpc) is 2.68. The first-order valence-electron chi connectivity index (χ1n) is 9.04. The van der Waals surface area contributed by atoms with E-state index in [1.165, 1.54) is 6.07 Å². The molecule has 144 valence electrons. The molecule has 1 saturated heterocycles. The monoisotopic (exact) mass is 390 g/mol. The van der Waals surface area contributed by atoms with E-state index in [2.05, 4.69) is 5.32 Å². The van der Waals surface area contributed by atoms with E-state index in [1.54, 1.807) is 46.8 Å². The van der Waals surface area contributed by atoms with Crippen LogP contribution in [-0.4, -0.2) is 31.7 Å². The first kappa shape index (κ1) is 19.5. The Hall–Kier alpha value is -2.25. The van der Waals surface area contributed by atoms with Crippen molar-refractivity contribution in [2.75, 3.05) is 13.1 Å². The van der Waals surface area contributed by atoms with Gasteiger partial charge in [-0.3, -0.25) is 4.79 Å². The van der Waals surface area contributed by atoms with Crippen molar-refractivity contribution in [1.29, 1.82) is 0 Å². The van der Waals surface area contributed by atoms with E-state index in [0.29, 0.717) is 29.8 Å². The molecular weight excluding hydrogens is 367 g/mol. The van der Waals surface area contributed by atoms with Crippen LogP contribution in [-0.2, 0) is 22.3 Å². The van der Waals surface area contributed by atoms with Gasteiger partial charge < -0.3 is 5.32 Å². The van der Waals surface area contributed by atoms with E-state index in [9.17, 15) is 17.6 Å². The molecule has 1 amide bonds. The highest BCUT2D eigenvalue weighted by Crippen LogP contribution is 2.17. The highest BCUT2D eigenvalue weighted by atomic mass is 32.2. The fraction of sp³-hybridized carbons (Fsp3) is 0.350. The molecule has 0 unspecified atom stereocenters. The minimum absolute atomic E-state index is 0.0654.